The molecule has 1 heterocycles. The fourth-order valence-corrected chi connectivity index (χ4v) is 1.19. The van der Waals surface area contributed by atoms with Gasteiger partial charge < -0.3 is 0 Å². The van der Waals surface area contributed by atoms with E-state index in [4.69, 9.17) is 0 Å². The van der Waals surface area contributed by atoms with Crippen LogP contribution in [0.2, 0.25) is 0 Å². The van der Waals surface area contributed by atoms with Gasteiger partial charge in [-0.1, -0.05) is 0 Å². The molecule has 0 saturated heterocycles. The van der Waals surface area contributed by atoms with E-state index < -0.39 is 12.2 Å². The van der Waals surface area contributed by atoms with Crippen LogP contribution in [0.3, 0.4) is 0 Å². The Balaban J connectivity index is 2.38. The topological polar surface area (TPSA) is 14.1 Å². The summed E-state index contributed by atoms with van der Waals surface area (Å²) in [5, 5.41) is 3.64. The maximum atomic E-state index is 12.6. The van der Waals surface area contributed by atoms with E-state index >= 15 is 0 Å². The second-order valence-electron chi connectivity index (χ2n) is 2.68. The molecule has 2 rings (SSSR count). The van der Waals surface area contributed by atoms with Gasteiger partial charge in [0.15, 0.2) is 0 Å². The maximum absolute atomic E-state index is 12.6. The third-order valence-corrected chi connectivity index (χ3v) is 1.77. The Hall–Kier alpha value is -1.45. The molecule has 1 aromatic carbocycles. The van der Waals surface area contributed by atoms with E-state index in [1.54, 1.807) is 0 Å². The molecular formula is C9H5F3N. The molecule has 0 saturated carbocycles. The summed E-state index contributed by atoms with van der Waals surface area (Å²) in [5.41, 5.74) is 0.507. The average Bonchev–Trinajstić information content (AvgIpc) is 2.46. The quantitative estimate of drug-likeness (QED) is 0.637. The smallest absolute Gasteiger partial charge is 0.247 e. The molecule has 0 atom stereocenters. The summed E-state index contributed by atoms with van der Waals surface area (Å²) in [5.74, 6) is -0.444. The minimum absolute atomic E-state index is 0.305. The van der Waals surface area contributed by atoms with Crippen LogP contribution >= 0.6 is 0 Å². The van der Waals surface area contributed by atoms with Crippen molar-refractivity contribution < 1.29 is 13.2 Å². The number of hydrogen-bond acceptors (Lipinski definition) is 0. The molecule has 0 bridgehead atoms. The Labute approximate surface area is 72.9 Å². The van der Waals surface area contributed by atoms with Crippen molar-refractivity contribution >= 4 is 11.8 Å². The van der Waals surface area contributed by atoms with Gasteiger partial charge in [-0.2, -0.15) is 0 Å². The number of allylic oxidation sites excluding steroid dienone is 1. The number of alkyl halides is 2. The minimum atomic E-state index is -2.60. The van der Waals surface area contributed by atoms with Crippen molar-refractivity contribution in [3.8, 4) is 0 Å². The summed E-state index contributed by atoms with van der Waals surface area (Å²) in [7, 11) is 0. The van der Waals surface area contributed by atoms with Crippen LogP contribution in [0.25, 0.3) is 6.08 Å². The molecule has 1 aromatic rings. The monoisotopic (exact) mass is 184 g/mol. The van der Waals surface area contributed by atoms with Gasteiger partial charge in [0.2, 0.25) is 0 Å². The highest BCUT2D eigenvalue weighted by atomic mass is 19.3. The minimum Gasteiger partial charge on any atom is -0.247 e. The van der Waals surface area contributed by atoms with Crippen LogP contribution in [-0.2, 0) is 0 Å². The van der Waals surface area contributed by atoms with Gasteiger partial charge in [-0.15, -0.1) is 0 Å². The van der Waals surface area contributed by atoms with E-state index in [-0.39, 0.29) is 5.70 Å². The molecule has 0 N–H and O–H groups in total. The largest absolute Gasteiger partial charge is 0.280 e. The van der Waals surface area contributed by atoms with Crippen LogP contribution in [0.5, 0.6) is 0 Å². The van der Waals surface area contributed by atoms with Crippen molar-refractivity contribution in [1.82, 2.24) is 5.32 Å². The van der Waals surface area contributed by atoms with Crippen LogP contribution in [-0.4, -0.2) is 6.43 Å². The lowest BCUT2D eigenvalue weighted by atomic mass is 10.2. The Bertz CT molecular complexity index is 371. The Morgan fingerprint density at radius 3 is 2.69 bits per heavy atom. The highest BCUT2D eigenvalue weighted by Crippen LogP contribution is 2.30. The lowest BCUT2D eigenvalue weighted by molar-refractivity contribution is 0.185. The number of fused-ring (bicyclic) bond motifs is 1. The molecule has 1 aliphatic heterocycles. The molecule has 1 aliphatic rings. The first kappa shape index (κ1) is 8.16. The van der Waals surface area contributed by atoms with Crippen LogP contribution in [0.1, 0.15) is 5.56 Å². The fourth-order valence-electron chi connectivity index (χ4n) is 1.19. The summed E-state index contributed by atoms with van der Waals surface area (Å²) in [4.78, 5) is 0. The Morgan fingerprint density at radius 1 is 1.23 bits per heavy atom. The van der Waals surface area contributed by atoms with Gasteiger partial charge in [-0.25, -0.2) is 18.5 Å². The SMILES string of the molecule is Fc1ccc2c(c1)C=C(C(F)F)[N]2. The molecule has 0 aromatic heterocycles. The number of nitrogens with zero attached hydrogens (tertiary/aromatic N) is 1. The lowest BCUT2D eigenvalue weighted by Gasteiger charge is -1.99. The molecule has 0 fully saturated rings. The lowest BCUT2D eigenvalue weighted by Crippen LogP contribution is -2.02. The van der Waals surface area contributed by atoms with Crippen molar-refractivity contribution in [3.05, 3.63) is 35.3 Å². The molecule has 0 unspecified atom stereocenters. The zero-order valence-electron chi connectivity index (χ0n) is 6.47. The molecule has 0 aliphatic carbocycles. The van der Waals surface area contributed by atoms with Gasteiger partial charge in [0.1, 0.15) is 11.5 Å². The van der Waals surface area contributed by atoms with E-state index in [1.807, 2.05) is 0 Å². The highest BCUT2D eigenvalue weighted by molar-refractivity contribution is 5.72. The molecule has 4 heteroatoms. The van der Waals surface area contributed by atoms with Crippen molar-refractivity contribution in [1.29, 1.82) is 0 Å². The number of rotatable bonds is 1. The highest BCUT2D eigenvalue weighted by Gasteiger charge is 2.20. The predicted molar refractivity (Wildman–Crippen MR) is 42.2 cm³/mol. The van der Waals surface area contributed by atoms with Crippen LogP contribution in [0, 0.1) is 5.82 Å². The summed E-state index contributed by atoms with van der Waals surface area (Å²) in [6.07, 6.45) is -1.40. The first-order valence-electron chi connectivity index (χ1n) is 3.68. The molecule has 1 nitrogen and oxygen atoms in total. The van der Waals surface area contributed by atoms with E-state index in [2.05, 4.69) is 5.32 Å². The van der Waals surface area contributed by atoms with Gasteiger partial charge in [-0.3, -0.25) is 0 Å². The number of halogens is 3. The van der Waals surface area contributed by atoms with Gasteiger partial charge in [0, 0.05) is 5.56 Å². The molecule has 0 amide bonds. The van der Waals surface area contributed by atoms with Crippen LogP contribution < -0.4 is 5.32 Å². The van der Waals surface area contributed by atoms with E-state index in [0.717, 1.165) is 0 Å². The molecule has 67 valence electrons. The standard InChI is InChI=1S/C9H5F3N/c10-6-1-2-7-5(3-6)4-8(13-7)9(11)12/h1-4,9H. The third-order valence-electron chi connectivity index (χ3n) is 1.77. The van der Waals surface area contributed by atoms with Gasteiger partial charge in [0.05, 0.1) is 5.69 Å². The summed E-state index contributed by atoms with van der Waals surface area (Å²) in [6, 6.07) is 3.77. The van der Waals surface area contributed by atoms with E-state index in [9.17, 15) is 13.2 Å². The first-order chi connectivity index (χ1) is 6.16. The van der Waals surface area contributed by atoms with Crippen LogP contribution in [0.15, 0.2) is 23.9 Å². The zero-order valence-corrected chi connectivity index (χ0v) is 6.47. The summed E-state index contributed by atoms with van der Waals surface area (Å²) in [6.45, 7) is 0. The second kappa shape index (κ2) is 2.80. The van der Waals surface area contributed by atoms with Gasteiger partial charge >= 0.3 is 0 Å². The number of benzene rings is 1. The summed E-state index contributed by atoms with van der Waals surface area (Å²) >= 11 is 0. The maximum Gasteiger partial charge on any atom is 0.280 e. The van der Waals surface area contributed by atoms with Crippen molar-refractivity contribution in [3.63, 3.8) is 0 Å². The summed E-state index contributed by atoms with van der Waals surface area (Å²) < 4.78 is 36.9. The van der Waals surface area contributed by atoms with Crippen molar-refractivity contribution in [2.75, 3.05) is 0 Å². The van der Waals surface area contributed by atoms with Gasteiger partial charge in [0.25, 0.3) is 6.43 Å². The van der Waals surface area contributed by atoms with E-state index in [0.29, 0.717) is 11.3 Å². The third kappa shape index (κ3) is 1.39. The zero-order chi connectivity index (χ0) is 9.42. The van der Waals surface area contributed by atoms with Crippen LogP contribution in [0.4, 0.5) is 18.9 Å². The van der Waals surface area contributed by atoms with Crippen molar-refractivity contribution in [2.24, 2.45) is 0 Å². The fraction of sp³-hybridized carbons (Fsp3) is 0.111. The van der Waals surface area contributed by atoms with Gasteiger partial charge in [-0.05, 0) is 24.3 Å². The Morgan fingerprint density at radius 2 is 2.00 bits per heavy atom. The molecule has 0 spiro atoms. The number of hydrogen-bond donors (Lipinski definition) is 0. The average molecular weight is 184 g/mol. The second-order valence-corrected chi connectivity index (χ2v) is 2.68. The normalized spacial score (nSPS) is 14.0. The molecule has 13 heavy (non-hydrogen) atoms. The van der Waals surface area contributed by atoms with Crippen molar-refractivity contribution in [2.45, 2.75) is 6.43 Å². The Kier molecular flexibility index (Phi) is 1.76. The molecule has 1 radical (unpaired) electrons. The predicted octanol–water partition coefficient (Wildman–Crippen LogP) is 2.68. The first-order valence-corrected chi connectivity index (χ1v) is 3.68. The van der Waals surface area contributed by atoms with E-state index in [1.165, 1.54) is 24.3 Å². The molecular weight excluding hydrogens is 179 g/mol.